The van der Waals surface area contributed by atoms with Crippen LogP contribution in [0.25, 0.3) is 0 Å². The highest BCUT2D eigenvalue weighted by atomic mass is 35.5. The van der Waals surface area contributed by atoms with E-state index in [-0.39, 0.29) is 27.7 Å². The number of alkyl halides is 3. The first-order chi connectivity index (χ1) is 15.5. The van der Waals surface area contributed by atoms with Gasteiger partial charge in [0.2, 0.25) is 0 Å². The quantitative estimate of drug-likeness (QED) is 0.475. The van der Waals surface area contributed by atoms with Crippen LogP contribution in [-0.4, -0.2) is 21.4 Å². The van der Waals surface area contributed by atoms with E-state index in [1.807, 2.05) is 0 Å². The number of methoxy groups -OCH3 is 1. The van der Waals surface area contributed by atoms with Gasteiger partial charge in [0.25, 0.3) is 15.9 Å². The van der Waals surface area contributed by atoms with Gasteiger partial charge in [-0.1, -0.05) is 29.8 Å². The minimum Gasteiger partial charge on any atom is -0.497 e. The lowest BCUT2D eigenvalue weighted by Gasteiger charge is -2.13. The van der Waals surface area contributed by atoms with E-state index in [0.29, 0.717) is 11.8 Å². The molecule has 0 saturated carbocycles. The molecule has 0 bridgehead atoms. The van der Waals surface area contributed by atoms with Gasteiger partial charge in [-0.15, -0.1) is 0 Å². The van der Waals surface area contributed by atoms with E-state index in [1.165, 1.54) is 19.2 Å². The number of carbonyl (C=O) groups excluding carboxylic acids is 1. The topological polar surface area (TPSA) is 84.5 Å². The maximum Gasteiger partial charge on any atom is 0.416 e. The van der Waals surface area contributed by atoms with Gasteiger partial charge in [-0.3, -0.25) is 9.52 Å². The van der Waals surface area contributed by atoms with Crippen LogP contribution in [0.4, 0.5) is 18.9 Å². The second kappa shape index (κ2) is 9.72. The Morgan fingerprint density at radius 3 is 2.45 bits per heavy atom. The van der Waals surface area contributed by atoms with Crippen molar-refractivity contribution in [2.45, 2.75) is 17.6 Å². The summed E-state index contributed by atoms with van der Waals surface area (Å²) in [5.74, 6) is -0.0209. The van der Waals surface area contributed by atoms with Crippen LogP contribution in [0, 0.1) is 0 Å². The lowest BCUT2D eigenvalue weighted by Crippen LogP contribution is -2.24. The Bertz CT molecular complexity index is 1280. The molecule has 0 radical (unpaired) electrons. The number of ether oxygens (including phenoxy) is 1. The fraction of sp³-hybridized carbons (Fsp3) is 0.136. The summed E-state index contributed by atoms with van der Waals surface area (Å²) in [4.78, 5) is 12.3. The molecule has 0 atom stereocenters. The Morgan fingerprint density at radius 1 is 1.03 bits per heavy atom. The smallest absolute Gasteiger partial charge is 0.416 e. The number of nitrogens with one attached hydrogen (secondary N) is 2. The van der Waals surface area contributed by atoms with Crippen LogP contribution in [0.2, 0.25) is 5.02 Å². The number of benzene rings is 3. The minimum atomic E-state index is -4.63. The molecule has 0 heterocycles. The summed E-state index contributed by atoms with van der Waals surface area (Å²) in [6.45, 7) is 0.131. The zero-order chi connectivity index (χ0) is 24.2. The third-order valence-electron chi connectivity index (χ3n) is 4.52. The predicted octanol–water partition coefficient (Wildman–Crippen LogP) is 5.10. The Labute approximate surface area is 193 Å². The number of carbonyl (C=O) groups is 1. The normalized spacial score (nSPS) is 11.7. The molecule has 0 spiro atoms. The predicted molar refractivity (Wildman–Crippen MR) is 118 cm³/mol. The van der Waals surface area contributed by atoms with Crippen LogP contribution in [-0.2, 0) is 22.7 Å². The van der Waals surface area contributed by atoms with Gasteiger partial charge in [0.05, 0.1) is 28.2 Å². The lowest BCUT2D eigenvalue weighted by molar-refractivity contribution is -0.137. The van der Waals surface area contributed by atoms with Gasteiger partial charge in [-0.05, 0) is 54.1 Å². The molecule has 33 heavy (non-hydrogen) atoms. The maximum atomic E-state index is 12.9. The maximum absolute atomic E-state index is 12.9. The molecule has 3 aromatic carbocycles. The van der Waals surface area contributed by atoms with Gasteiger partial charge < -0.3 is 10.1 Å². The van der Waals surface area contributed by atoms with Gasteiger partial charge in [0.1, 0.15) is 5.75 Å². The van der Waals surface area contributed by atoms with E-state index in [0.717, 1.165) is 29.8 Å². The van der Waals surface area contributed by atoms with Crippen molar-refractivity contribution >= 4 is 33.2 Å². The lowest BCUT2D eigenvalue weighted by atomic mass is 10.2. The standard InChI is InChI=1S/C22H18ClF3N2O4S/c1-32-17-7-2-4-14(10-17)13-27-21(29)19-12-18(8-9-20(19)23)33(30,31)28-16-6-3-5-15(11-16)22(24,25)26/h2-12,28H,13H2,1H3,(H,27,29). The first-order valence-corrected chi connectivity index (χ1v) is 11.3. The molecule has 3 rings (SSSR count). The zero-order valence-electron chi connectivity index (χ0n) is 17.1. The molecule has 0 aliphatic heterocycles. The van der Waals surface area contributed by atoms with E-state index in [4.69, 9.17) is 16.3 Å². The Balaban J connectivity index is 1.80. The number of sulfonamides is 1. The number of rotatable bonds is 7. The molecule has 1 amide bonds. The van der Waals surface area contributed by atoms with Crippen LogP contribution >= 0.6 is 11.6 Å². The summed E-state index contributed by atoms with van der Waals surface area (Å²) in [6.07, 6.45) is -4.63. The molecule has 3 aromatic rings. The molecule has 0 saturated heterocycles. The van der Waals surface area contributed by atoms with Crippen molar-refractivity contribution in [2.75, 3.05) is 11.8 Å². The molecule has 0 aliphatic carbocycles. The molecular formula is C22H18ClF3N2O4S. The average molecular weight is 499 g/mol. The molecule has 0 aromatic heterocycles. The number of hydrogen-bond donors (Lipinski definition) is 2. The molecule has 0 aliphatic rings. The average Bonchev–Trinajstić information content (AvgIpc) is 2.77. The van der Waals surface area contributed by atoms with Gasteiger partial charge in [-0.2, -0.15) is 13.2 Å². The van der Waals surface area contributed by atoms with E-state index in [9.17, 15) is 26.4 Å². The van der Waals surface area contributed by atoms with Crippen LogP contribution in [0.3, 0.4) is 0 Å². The Morgan fingerprint density at radius 2 is 1.76 bits per heavy atom. The van der Waals surface area contributed by atoms with Crippen molar-refractivity contribution in [3.8, 4) is 5.75 Å². The highest BCUT2D eigenvalue weighted by molar-refractivity contribution is 7.92. The molecule has 2 N–H and O–H groups in total. The molecule has 11 heteroatoms. The second-order valence-electron chi connectivity index (χ2n) is 6.86. The second-order valence-corrected chi connectivity index (χ2v) is 8.95. The first kappa shape index (κ1) is 24.4. The molecule has 0 unspecified atom stereocenters. The van der Waals surface area contributed by atoms with Crippen LogP contribution in [0.5, 0.6) is 5.75 Å². The number of anilines is 1. The van der Waals surface area contributed by atoms with Crippen LogP contribution in [0.15, 0.2) is 71.6 Å². The Kier molecular flexibility index (Phi) is 7.19. The minimum absolute atomic E-state index is 0.0103. The summed E-state index contributed by atoms with van der Waals surface area (Å²) in [5.41, 5.74) is -0.638. The fourth-order valence-electron chi connectivity index (χ4n) is 2.88. The van der Waals surface area contributed by atoms with Crippen molar-refractivity contribution in [1.82, 2.24) is 5.32 Å². The summed E-state index contributed by atoms with van der Waals surface area (Å²) in [5, 5.41) is 2.65. The molecule has 174 valence electrons. The summed E-state index contributed by atoms with van der Waals surface area (Å²) < 4.78 is 71.4. The summed E-state index contributed by atoms with van der Waals surface area (Å²) in [6, 6.07) is 14.2. The Hall–Kier alpha value is -3.24. The van der Waals surface area contributed by atoms with Crippen molar-refractivity contribution in [3.63, 3.8) is 0 Å². The zero-order valence-corrected chi connectivity index (χ0v) is 18.7. The van der Waals surface area contributed by atoms with Gasteiger partial charge in [0.15, 0.2) is 0 Å². The van der Waals surface area contributed by atoms with Crippen molar-refractivity contribution in [2.24, 2.45) is 0 Å². The highest BCUT2D eigenvalue weighted by Crippen LogP contribution is 2.31. The van der Waals surface area contributed by atoms with Gasteiger partial charge in [-0.25, -0.2) is 8.42 Å². The number of halogens is 4. The van der Waals surface area contributed by atoms with E-state index in [1.54, 1.807) is 24.3 Å². The number of hydrogen-bond acceptors (Lipinski definition) is 4. The van der Waals surface area contributed by atoms with Gasteiger partial charge >= 0.3 is 6.18 Å². The third-order valence-corrected chi connectivity index (χ3v) is 6.23. The monoisotopic (exact) mass is 498 g/mol. The van der Waals surface area contributed by atoms with Crippen LogP contribution < -0.4 is 14.8 Å². The third kappa shape index (κ3) is 6.17. The largest absolute Gasteiger partial charge is 0.497 e. The van der Waals surface area contributed by atoms with Crippen LogP contribution in [0.1, 0.15) is 21.5 Å². The van der Waals surface area contributed by atoms with Gasteiger partial charge in [0, 0.05) is 12.2 Å². The fourth-order valence-corrected chi connectivity index (χ4v) is 4.16. The van der Waals surface area contributed by atoms with E-state index < -0.39 is 27.7 Å². The van der Waals surface area contributed by atoms with Crippen molar-refractivity contribution in [1.29, 1.82) is 0 Å². The molecule has 6 nitrogen and oxygen atoms in total. The molecular weight excluding hydrogens is 481 g/mol. The van der Waals surface area contributed by atoms with E-state index >= 15 is 0 Å². The first-order valence-electron chi connectivity index (χ1n) is 9.40. The SMILES string of the molecule is COc1cccc(CNC(=O)c2cc(S(=O)(=O)Nc3cccc(C(F)(F)F)c3)ccc2Cl)c1. The van der Waals surface area contributed by atoms with Crippen molar-refractivity contribution in [3.05, 3.63) is 88.4 Å². The summed E-state index contributed by atoms with van der Waals surface area (Å²) >= 11 is 6.08. The highest BCUT2D eigenvalue weighted by Gasteiger charge is 2.31. The van der Waals surface area contributed by atoms with E-state index in [2.05, 4.69) is 10.0 Å². The summed E-state index contributed by atoms with van der Waals surface area (Å²) in [7, 11) is -2.79. The van der Waals surface area contributed by atoms with Crippen molar-refractivity contribution < 1.29 is 31.1 Å². The molecule has 0 fully saturated rings. The number of amides is 1.